The fraction of sp³-hybridized carbons (Fsp3) is 0.750. The summed E-state index contributed by atoms with van der Waals surface area (Å²) in [5.41, 5.74) is 0. The second-order valence-electron chi connectivity index (χ2n) is 4.29. The van der Waals surface area contributed by atoms with Gasteiger partial charge in [0.25, 0.3) is 0 Å². The van der Waals surface area contributed by atoms with Gasteiger partial charge in [-0.25, -0.2) is 0 Å². The van der Waals surface area contributed by atoms with Gasteiger partial charge in [-0.2, -0.15) is 0 Å². The van der Waals surface area contributed by atoms with E-state index in [4.69, 9.17) is 18.9 Å². The second kappa shape index (κ2) is 7.08. The van der Waals surface area contributed by atoms with E-state index in [0.717, 1.165) is 0 Å². The zero-order chi connectivity index (χ0) is 14.4. The van der Waals surface area contributed by atoms with E-state index in [0.29, 0.717) is 6.42 Å². The van der Waals surface area contributed by atoms with E-state index in [2.05, 4.69) is 0 Å². The molecule has 0 unspecified atom stereocenters. The number of ether oxygens (including phenoxy) is 4. The topological polar surface area (TPSA) is 88.1 Å². The van der Waals surface area contributed by atoms with Crippen LogP contribution in [0.4, 0.5) is 0 Å². The molecule has 0 aromatic rings. The smallest absolute Gasteiger partial charge is 0.303 e. The van der Waals surface area contributed by atoms with Crippen LogP contribution in [0.15, 0.2) is 0 Å². The molecule has 0 bridgehead atoms. The minimum absolute atomic E-state index is 0.0832. The lowest BCUT2D eigenvalue weighted by atomic mass is 10.0. The van der Waals surface area contributed by atoms with Gasteiger partial charge in [-0.3, -0.25) is 14.4 Å². The lowest BCUT2D eigenvalue weighted by Crippen LogP contribution is -2.47. The zero-order valence-electron chi connectivity index (χ0n) is 11.2. The Labute approximate surface area is 111 Å². The first-order chi connectivity index (χ1) is 8.88. The maximum absolute atomic E-state index is 11.0. The van der Waals surface area contributed by atoms with Crippen molar-refractivity contribution in [2.45, 2.75) is 45.5 Å². The van der Waals surface area contributed by atoms with Crippen LogP contribution in [0.3, 0.4) is 0 Å². The summed E-state index contributed by atoms with van der Waals surface area (Å²) < 4.78 is 20.4. The molecular weight excluding hydrogens is 256 g/mol. The van der Waals surface area contributed by atoms with E-state index in [1.54, 1.807) is 0 Å². The quantitative estimate of drug-likeness (QED) is 0.534. The highest BCUT2D eigenvalue weighted by Crippen LogP contribution is 2.21. The molecule has 0 aromatic carbocycles. The van der Waals surface area contributed by atoms with E-state index >= 15 is 0 Å². The van der Waals surface area contributed by atoms with Crippen molar-refractivity contribution in [2.24, 2.45) is 0 Å². The molecule has 0 amide bonds. The number of carbonyl (C=O) groups is 3. The summed E-state index contributed by atoms with van der Waals surface area (Å²) in [7, 11) is 0. The normalized spacial score (nSPS) is 26.4. The monoisotopic (exact) mass is 274 g/mol. The van der Waals surface area contributed by atoms with Gasteiger partial charge in [0.2, 0.25) is 0 Å². The van der Waals surface area contributed by atoms with Gasteiger partial charge in [-0.05, 0) is 0 Å². The van der Waals surface area contributed by atoms with Crippen molar-refractivity contribution in [1.29, 1.82) is 0 Å². The molecule has 0 aromatic heterocycles. The van der Waals surface area contributed by atoms with E-state index in [1.165, 1.54) is 20.8 Å². The summed E-state index contributed by atoms with van der Waals surface area (Å²) in [6.45, 7) is 4.04. The third-order valence-electron chi connectivity index (χ3n) is 2.51. The highest BCUT2D eigenvalue weighted by Gasteiger charge is 2.36. The van der Waals surface area contributed by atoms with Gasteiger partial charge < -0.3 is 18.9 Å². The summed E-state index contributed by atoms with van der Waals surface area (Å²) >= 11 is 0. The first-order valence-corrected chi connectivity index (χ1v) is 5.98. The molecule has 1 saturated heterocycles. The predicted molar refractivity (Wildman–Crippen MR) is 62.1 cm³/mol. The number of hydrogen-bond donors (Lipinski definition) is 0. The largest absolute Gasteiger partial charge is 0.463 e. The summed E-state index contributed by atoms with van der Waals surface area (Å²) in [5.74, 6) is -1.34. The molecule has 7 heteroatoms. The van der Waals surface area contributed by atoms with Crippen molar-refractivity contribution in [2.75, 3.05) is 13.2 Å². The molecule has 1 aliphatic rings. The van der Waals surface area contributed by atoms with Gasteiger partial charge in [0, 0.05) is 27.2 Å². The Morgan fingerprint density at radius 2 is 1.58 bits per heavy atom. The molecule has 0 radical (unpaired) electrons. The fourth-order valence-electron chi connectivity index (χ4n) is 1.80. The molecule has 1 heterocycles. The van der Waals surface area contributed by atoms with Crippen LogP contribution in [0.2, 0.25) is 0 Å². The summed E-state index contributed by atoms with van der Waals surface area (Å²) in [5, 5.41) is 0. The van der Waals surface area contributed by atoms with Crippen molar-refractivity contribution < 1.29 is 33.3 Å². The van der Waals surface area contributed by atoms with E-state index in [9.17, 15) is 14.4 Å². The maximum atomic E-state index is 11.0. The zero-order valence-corrected chi connectivity index (χ0v) is 11.2. The number of rotatable bonds is 4. The Morgan fingerprint density at radius 3 is 2.11 bits per heavy atom. The van der Waals surface area contributed by atoms with Crippen molar-refractivity contribution in [3.63, 3.8) is 0 Å². The summed E-state index contributed by atoms with van der Waals surface area (Å²) in [6.07, 6.45) is -1.28. The van der Waals surface area contributed by atoms with Crippen LogP contribution in [-0.4, -0.2) is 49.4 Å². The molecule has 108 valence electrons. The first-order valence-electron chi connectivity index (χ1n) is 5.98. The predicted octanol–water partition coefficient (Wildman–Crippen LogP) is 0.202. The highest BCUT2D eigenvalue weighted by atomic mass is 16.6. The molecule has 1 aliphatic heterocycles. The van der Waals surface area contributed by atoms with E-state index < -0.39 is 30.1 Å². The molecule has 1 fully saturated rings. The third kappa shape index (κ3) is 5.69. The van der Waals surface area contributed by atoms with Crippen molar-refractivity contribution >= 4 is 17.9 Å². The lowest BCUT2D eigenvalue weighted by Gasteiger charge is -2.34. The number of esters is 3. The molecule has 0 N–H and O–H groups in total. The highest BCUT2D eigenvalue weighted by molar-refractivity contribution is 5.67. The van der Waals surface area contributed by atoms with Gasteiger partial charge in [0.1, 0.15) is 12.7 Å². The fourth-order valence-corrected chi connectivity index (χ4v) is 1.80. The van der Waals surface area contributed by atoms with Gasteiger partial charge in [-0.1, -0.05) is 0 Å². The molecule has 0 spiro atoms. The van der Waals surface area contributed by atoms with Crippen LogP contribution in [0.1, 0.15) is 27.2 Å². The average molecular weight is 274 g/mol. The molecule has 0 aliphatic carbocycles. The lowest BCUT2D eigenvalue weighted by molar-refractivity contribution is -0.192. The SMILES string of the molecule is CC(=O)OC[C@@H]1C[C@H](OC(C)=O)[C@H](OC(C)=O)CO1. The summed E-state index contributed by atoms with van der Waals surface area (Å²) in [4.78, 5) is 32.7. The number of carbonyl (C=O) groups excluding carboxylic acids is 3. The standard InChI is InChI=1S/C12H18O7/c1-7(13)16-5-10-4-11(18-8(2)14)12(6-17-10)19-9(3)15/h10-12H,4-6H2,1-3H3/t10-,11-,12+/m0/s1. The van der Waals surface area contributed by atoms with Crippen LogP contribution in [0, 0.1) is 0 Å². The Bertz CT molecular complexity index is 352. The molecule has 19 heavy (non-hydrogen) atoms. The molecular formula is C12H18O7. The minimum Gasteiger partial charge on any atom is -0.463 e. The van der Waals surface area contributed by atoms with Gasteiger partial charge >= 0.3 is 17.9 Å². The Balaban J connectivity index is 2.56. The molecule has 7 nitrogen and oxygen atoms in total. The molecule has 0 saturated carbocycles. The average Bonchev–Trinajstić information content (AvgIpc) is 2.28. The van der Waals surface area contributed by atoms with Crippen LogP contribution < -0.4 is 0 Å². The van der Waals surface area contributed by atoms with E-state index in [-0.39, 0.29) is 19.3 Å². The maximum Gasteiger partial charge on any atom is 0.303 e. The molecule has 1 rings (SSSR count). The Morgan fingerprint density at radius 1 is 1.00 bits per heavy atom. The Kier molecular flexibility index (Phi) is 5.75. The second-order valence-corrected chi connectivity index (χ2v) is 4.29. The van der Waals surface area contributed by atoms with Crippen molar-refractivity contribution in [1.82, 2.24) is 0 Å². The van der Waals surface area contributed by atoms with Crippen LogP contribution in [0.5, 0.6) is 0 Å². The van der Waals surface area contributed by atoms with Gasteiger partial charge in [-0.15, -0.1) is 0 Å². The van der Waals surface area contributed by atoms with Gasteiger partial charge in [0.05, 0.1) is 12.7 Å². The minimum atomic E-state index is -0.630. The van der Waals surface area contributed by atoms with E-state index in [1.807, 2.05) is 0 Å². The number of hydrogen-bond acceptors (Lipinski definition) is 7. The van der Waals surface area contributed by atoms with Crippen LogP contribution in [0.25, 0.3) is 0 Å². The first kappa shape index (κ1) is 15.4. The molecule has 3 atom stereocenters. The third-order valence-corrected chi connectivity index (χ3v) is 2.51. The van der Waals surface area contributed by atoms with Gasteiger partial charge in [0.15, 0.2) is 6.10 Å². The Hall–Kier alpha value is -1.63. The van der Waals surface area contributed by atoms with Crippen molar-refractivity contribution in [3.8, 4) is 0 Å². The van der Waals surface area contributed by atoms with Crippen LogP contribution >= 0.6 is 0 Å². The van der Waals surface area contributed by atoms with Crippen LogP contribution in [-0.2, 0) is 33.3 Å². The van der Waals surface area contributed by atoms with Crippen molar-refractivity contribution in [3.05, 3.63) is 0 Å². The summed E-state index contributed by atoms with van der Waals surface area (Å²) in [6, 6.07) is 0.